The zero-order valence-corrected chi connectivity index (χ0v) is 43.9. The van der Waals surface area contributed by atoms with Crippen LogP contribution in [0.2, 0.25) is 0 Å². The van der Waals surface area contributed by atoms with Gasteiger partial charge in [0.2, 0.25) is 0 Å². The number of allylic oxidation sites excluding steroid dienone is 14. The summed E-state index contributed by atoms with van der Waals surface area (Å²) in [5, 5.41) is 0. The molecule has 384 valence electrons. The van der Waals surface area contributed by atoms with Crippen LogP contribution < -0.4 is 0 Å². The summed E-state index contributed by atoms with van der Waals surface area (Å²) in [4.78, 5) is 37.9. The monoisotopic (exact) mass is 933 g/mol. The van der Waals surface area contributed by atoms with Gasteiger partial charge in [-0.15, -0.1) is 0 Å². The number of unbranched alkanes of at least 4 members (excludes halogenated alkanes) is 25. The van der Waals surface area contributed by atoms with Gasteiger partial charge in [-0.05, 0) is 70.6 Å². The molecule has 1 atom stereocenters. The van der Waals surface area contributed by atoms with E-state index in [0.717, 1.165) is 89.9 Å². The SMILES string of the molecule is CC/C=C\C/C=C\C/C=C\C/C=C\C/C=C\C/C=C\C/C=C\CCCC(=O)OCC(COC(=O)CCCCCCCCC)OC(=O)CCCCCCCCCCCCCCCCCCCCC. The zero-order valence-electron chi connectivity index (χ0n) is 43.9. The molecule has 0 spiro atoms. The molecule has 0 aliphatic rings. The first-order valence-corrected chi connectivity index (χ1v) is 28.1. The Kier molecular flexibility index (Phi) is 52.4. The fraction of sp³-hybridized carbons (Fsp3) is 0.721. The predicted molar refractivity (Wildman–Crippen MR) is 288 cm³/mol. The summed E-state index contributed by atoms with van der Waals surface area (Å²) in [6, 6.07) is 0. The highest BCUT2D eigenvalue weighted by molar-refractivity contribution is 5.71. The van der Waals surface area contributed by atoms with E-state index in [9.17, 15) is 14.4 Å². The van der Waals surface area contributed by atoms with E-state index in [4.69, 9.17) is 14.2 Å². The van der Waals surface area contributed by atoms with Crippen LogP contribution in [0.3, 0.4) is 0 Å². The number of hydrogen-bond donors (Lipinski definition) is 0. The van der Waals surface area contributed by atoms with Crippen LogP contribution in [0.4, 0.5) is 0 Å². The lowest BCUT2D eigenvalue weighted by Gasteiger charge is -2.18. The number of carbonyl (C=O) groups excluding carboxylic acids is 3. The lowest BCUT2D eigenvalue weighted by molar-refractivity contribution is -0.167. The number of esters is 3. The van der Waals surface area contributed by atoms with Crippen LogP contribution in [-0.4, -0.2) is 37.2 Å². The molecule has 0 aliphatic heterocycles. The van der Waals surface area contributed by atoms with Crippen LogP contribution in [0.1, 0.15) is 265 Å². The first-order valence-electron chi connectivity index (χ1n) is 28.1. The molecular formula is C61H104O6. The van der Waals surface area contributed by atoms with Crippen LogP contribution in [0.5, 0.6) is 0 Å². The van der Waals surface area contributed by atoms with Crippen molar-refractivity contribution < 1.29 is 28.6 Å². The van der Waals surface area contributed by atoms with Gasteiger partial charge in [-0.25, -0.2) is 0 Å². The van der Waals surface area contributed by atoms with Gasteiger partial charge in [-0.1, -0.05) is 260 Å². The first kappa shape index (κ1) is 63.6. The van der Waals surface area contributed by atoms with Gasteiger partial charge in [0.25, 0.3) is 0 Å². The van der Waals surface area contributed by atoms with E-state index in [2.05, 4.69) is 106 Å². The van der Waals surface area contributed by atoms with Crippen molar-refractivity contribution in [2.24, 2.45) is 0 Å². The molecule has 0 aliphatic carbocycles. The van der Waals surface area contributed by atoms with E-state index in [1.165, 1.54) is 128 Å². The lowest BCUT2D eigenvalue weighted by atomic mass is 10.0. The van der Waals surface area contributed by atoms with E-state index >= 15 is 0 Å². The van der Waals surface area contributed by atoms with Crippen LogP contribution in [0, 0.1) is 0 Å². The molecular weight excluding hydrogens is 829 g/mol. The minimum absolute atomic E-state index is 0.0924. The Morgan fingerprint density at radius 3 is 0.910 bits per heavy atom. The third kappa shape index (κ3) is 53.4. The minimum Gasteiger partial charge on any atom is -0.462 e. The highest BCUT2D eigenvalue weighted by atomic mass is 16.6. The fourth-order valence-electron chi connectivity index (χ4n) is 7.73. The summed E-state index contributed by atoms with van der Waals surface area (Å²) in [6.07, 6.45) is 71.7. The van der Waals surface area contributed by atoms with Crippen LogP contribution in [-0.2, 0) is 28.6 Å². The van der Waals surface area contributed by atoms with Crippen LogP contribution in [0.15, 0.2) is 85.1 Å². The standard InChI is InChI=1S/C61H104O6/c1-4-7-10-13-16-18-20-22-24-26-28-29-30-31-33-34-36-38-40-42-45-48-51-54-60(63)66-57-58(56-65-59(62)53-50-47-44-15-12-9-6-3)67-61(64)55-52-49-46-43-41-39-37-35-32-27-25-23-21-19-17-14-11-8-5-2/h7,10,16,18,22,24,28-29,31,33,36,38,42,45,58H,4-6,8-9,11-15,17,19-21,23,25-27,30,32,34-35,37,39-41,43-44,46-57H2,1-3H3/b10-7-,18-16-,24-22-,29-28-,33-31-,38-36-,45-42-. The Hall–Kier alpha value is -3.41. The van der Waals surface area contributed by atoms with Crippen LogP contribution >= 0.6 is 0 Å². The average molecular weight is 933 g/mol. The van der Waals surface area contributed by atoms with Crippen molar-refractivity contribution >= 4 is 17.9 Å². The van der Waals surface area contributed by atoms with Crippen molar-refractivity contribution in [3.8, 4) is 0 Å². The molecule has 0 rings (SSSR count). The quantitative estimate of drug-likeness (QED) is 0.0262. The molecule has 0 saturated heterocycles. The van der Waals surface area contributed by atoms with Gasteiger partial charge in [0.05, 0.1) is 0 Å². The van der Waals surface area contributed by atoms with Crippen molar-refractivity contribution in [2.75, 3.05) is 13.2 Å². The van der Waals surface area contributed by atoms with Crippen molar-refractivity contribution in [3.05, 3.63) is 85.1 Å². The zero-order chi connectivity index (χ0) is 48.6. The second kappa shape index (κ2) is 55.2. The Balaban J connectivity index is 4.31. The highest BCUT2D eigenvalue weighted by Crippen LogP contribution is 2.16. The third-order valence-electron chi connectivity index (χ3n) is 11.9. The Bertz CT molecular complexity index is 1300. The van der Waals surface area contributed by atoms with Gasteiger partial charge in [0.1, 0.15) is 13.2 Å². The van der Waals surface area contributed by atoms with Gasteiger partial charge in [0.15, 0.2) is 6.10 Å². The molecule has 0 bridgehead atoms. The molecule has 6 nitrogen and oxygen atoms in total. The summed E-state index contributed by atoms with van der Waals surface area (Å²) in [5.41, 5.74) is 0. The van der Waals surface area contributed by atoms with Crippen molar-refractivity contribution in [3.63, 3.8) is 0 Å². The second-order valence-corrected chi connectivity index (χ2v) is 18.5. The van der Waals surface area contributed by atoms with Gasteiger partial charge < -0.3 is 14.2 Å². The molecule has 0 aromatic heterocycles. The van der Waals surface area contributed by atoms with E-state index in [-0.39, 0.29) is 37.5 Å². The highest BCUT2D eigenvalue weighted by Gasteiger charge is 2.19. The van der Waals surface area contributed by atoms with E-state index in [0.29, 0.717) is 19.3 Å². The summed E-state index contributed by atoms with van der Waals surface area (Å²) >= 11 is 0. The third-order valence-corrected chi connectivity index (χ3v) is 11.9. The molecule has 0 aromatic rings. The van der Waals surface area contributed by atoms with Crippen LogP contribution in [0.25, 0.3) is 0 Å². The molecule has 0 radical (unpaired) electrons. The van der Waals surface area contributed by atoms with Crippen molar-refractivity contribution in [1.82, 2.24) is 0 Å². The molecule has 0 fully saturated rings. The summed E-state index contributed by atoms with van der Waals surface area (Å²) in [5.74, 6) is -0.955. The average Bonchev–Trinajstić information content (AvgIpc) is 3.33. The molecule has 0 saturated carbocycles. The summed E-state index contributed by atoms with van der Waals surface area (Å²) in [7, 11) is 0. The maximum atomic E-state index is 12.8. The lowest BCUT2D eigenvalue weighted by Crippen LogP contribution is -2.30. The maximum absolute atomic E-state index is 12.8. The topological polar surface area (TPSA) is 78.9 Å². The fourth-order valence-corrected chi connectivity index (χ4v) is 7.73. The molecule has 0 amide bonds. The van der Waals surface area contributed by atoms with E-state index < -0.39 is 6.10 Å². The normalized spacial score (nSPS) is 12.7. The smallest absolute Gasteiger partial charge is 0.306 e. The van der Waals surface area contributed by atoms with Gasteiger partial charge in [-0.2, -0.15) is 0 Å². The summed E-state index contributed by atoms with van der Waals surface area (Å²) < 4.78 is 16.7. The molecule has 1 unspecified atom stereocenters. The maximum Gasteiger partial charge on any atom is 0.306 e. The second-order valence-electron chi connectivity index (χ2n) is 18.5. The Morgan fingerprint density at radius 1 is 0.313 bits per heavy atom. The largest absolute Gasteiger partial charge is 0.462 e. The first-order chi connectivity index (χ1) is 33.0. The van der Waals surface area contributed by atoms with Crippen molar-refractivity contribution in [1.29, 1.82) is 0 Å². The molecule has 0 aromatic carbocycles. The number of ether oxygens (including phenoxy) is 3. The number of rotatable bonds is 50. The van der Waals surface area contributed by atoms with Gasteiger partial charge >= 0.3 is 17.9 Å². The number of carbonyl (C=O) groups is 3. The van der Waals surface area contributed by atoms with Gasteiger partial charge in [-0.3, -0.25) is 14.4 Å². The minimum atomic E-state index is -0.795. The Labute approximate surface area is 414 Å². The molecule has 0 heterocycles. The number of hydrogen-bond acceptors (Lipinski definition) is 6. The molecule has 6 heteroatoms. The van der Waals surface area contributed by atoms with E-state index in [1.54, 1.807) is 0 Å². The molecule has 67 heavy (non-hydrogen) atoms. The van der Waals surface area contributed by atoms with E-state index in [1.807, 2.05) is 0 Å². The van der Waals surface area contributed by atoms with Crippen molar-refractivity contribution in [2.45, 2.75) is 271 Å². The molecule has 0 N–H and O–H groups in total. The predicted octanol–water partition coefficient (Wildman–Crippen LogP) is 18.8. The summed E-state index contributed by atoms with van der Waals surface area (Å²) in [6.45, 7) is 6.45. The Morgan fingerprint density at radius 2 is 0.582 bits per heavy atom. The van der Waals surface area contributed by atoms with Gasteiger partial charge in [0, 0.05) is 19.3 Å².